The molecule has 55 heavy (non-hydrogen) atoms. The maximum atomic E-state index is 2.73. The van der Waals surface area contributed by atoms with Crippen LogP contribution in [0.25, 0.3) is 33.4 Å². The summed E-state index contributed by atoms with van der Waals surface area (Å²) >= 11 is 0. The maximum absolute atomic E-state index is 2.73. The van der Waals surface area contributed by atoms with Crippen LogP contribution in [0.2, 0.25) is 0 Å². The number of aryl methyl sites for hydroxylation is 2. The van der Waals surface area contributed by atoms with Gasteiger partial charge in [-0.05, 0) is 120 Å². The molecule has 1 unspecified atom stereocenters. The maximum Gasteiger partial charge on any atom is 0.0218 e. The third-order valence-electron chi connectivity index (χ3n) is 14.5. The van der Waals surface area contributed by atoms with E-state index >= 15 is 0 Å². The van der Waals surface area contributed by atoms with Gasteiger partial charge in [0, 0.05) is 10.8 Å². The Morgan fingerprint density at radius 3 is 1.49 bits per heavy atom. The van der Waals surface area contributed by atoms with Crippen molar-refractivity contribution < 1.29 is 0 Å². The Kier molecular flexibility index (Phi) is 13.4. The molecule has 1 atom stereocenters. The molecule has 3 aliphatic carbocycles. The summed E-state index contributed by atoms with van der Waals surface area (Å²) in [5.41, 5.74) is 20.6. The van der Waals surface area contributed by atoms with Crippen LogP contribution in [-0.2, 0) is 17.3 Å². The zero-order valence-corrected chi connectivity index (χ0v) is 35.8. The fourth-order valence-corrected chi connectivity index (χ4v) is 11.6. The normalized spacial score (nSPS) is 17.3. The predicted octanol–water partition coefficient (Wildman–Crippen LogP) is 17.1. The minimum atomic E-state index is 0.117. The Bertz CT molecular complexity index is 1870. The minimum Gasteiger partial charge on any atom is -0.0654 e. The molecule has 0 saturated carbocycles. The van der Waals surface area contributed by atoms with E-state index in [1.54, 1.807) is 33.4 Å². The molecule has 0 fully saturated rings. The van der Waals surface area contributed by atoms with Crippen molar-refractivity contribution in [1.82, 2.24) is 0 Å². The lowest BCUT2D eigenvalue weighted by Gasteiger charge is -2.38. The fourth-order valence-electron chi connectivity index (χ4n) is 11.6. The summed E-state index contributed by atoms with van der Waals surface area (Å²) in [6.07, 6.45) is 32.2. The average molecular weight is 735 g/mol. The summed E-state index contributed by atoms with van der Waals surface area (Å²) in [7, 11) is 0. The van der Waals surface area contributed by atoms with E-state index in [1.165, 1.54) is 193 Å². The van der Waals surface area contributed by atoms with Gasteiger partial charge in [-0.25, -0.2) is 0 Å². The molecular formula is C55H74. The van der Waals surface area contributed by atoms with Crippen LogP contribution in [0.5, 0.6) is 0 Å². The zero-order valence-electron chi connectivity index (χ0n) is 35.8. The highest BCUT2D eigenvalue weighted by Gasteiger charge is 2.47. The van der Waals surface area contributed by atoms with Crippen LogP contribution in [0.1, 0.15) is 207 Å². The van der Waals surface area contributed by atoms with Crippen LogP contribution in [0.4, 0.5) is 0 Å². The van der Waals surface area contributed by atoms with Crippen molar-refractivity contribution >= 4 is 0 Å². The number of hydrogen-bond donors (Lipinski definition) is 0. The van der Waals surface area contributed by atoms with E-state index in [2.05, 4.69) is 101 Å². The number of hydrogen-bond acceptors (Lipinski definition) is 0. The first-order valence-electron chi connectivity index (χ1n) is 23.5. The first-order valence-corrected chi connectivity index (χ1v) is 23.5. The molecule has 4 aromatic carbocycles. The van der Waals surface area contributed by atoms with Crippen molar-refractivity contribution in [3.05, 3.63) is 106 Å². The van der Waals surface area contributed by atoms with Crippen molar-refractivity contribution in [3.8, 4) is 33.4 Å². The molecule has 0 radical (unpaired) electrons. The number of benzene rings is 4. The molecule has 0 bridgehead atoms. The van der Waals surface area contributed by atoms with E-state index in [0.717, 1.165) is 0 Å². The quantitative estimate of drug-likeness (QED) is 0.0705. The largest absolute Gasteiger partial charge is 0.0654 e. The third kappa shape index (κ3) is 8.05. The number of rotatable bonds is 22. The highest BCUT2D eigenvalue weighted by molar-refractivity contribution is 5.89. The number of fused-ring (bicyclic) bond motifs is 6. The molecule has 294 valence electrons. The van der Waals surface area contributed by atoms with Crippen LogP contribution in [0.15, 0.2) is 66.7 Å². The molecule has 4 aromatic rings. The first kappa shape index (κ1) is 40.1. The van der Waals surface area contributed by atoms with Gasteiger partial charge in [-0.15, -0.1) is 0 Å². The van der Waals surface area contributed by atoms with E-state index < -0.39 is 0 Å². The van der Waals surface area contributed by atoms with Crippen LogP contribution >= 0.6 is 0 Å². The topological polar surface area (TPSA) is 0 Å². The lowest BCUT2D eigenvalue weighted by atomic mass is 9.65. The van der Waals surface area contributed by atoms with Crippen molar-refractivity contribution in [3.63, 3.8) is 0 Å². The Balaban J connectivity index is 1.28. The number of unbranched alkanes of at least 4 members (excludes halogenated alkanes) is 15. The summed E-state index contributed by atoms with van der Waals surface area (Å²) in [5.74, 6) is 0. The van der Waals surface area contributed by atoms with Crippen molar-refractivity contribution in [2.75, 3.05) is 0 Å². The summed E-state index contributed by atoms with van der Waals surface area (Å²) in [6, 6.07) is 27.7. The van der Waals surface area contributed by atoms with E-state index in [1.807, 2.05) is 0 Å². The van der Waals surface area contributed by atoms with Crippen molar-refractivity contribution in [2.24, 2.45) is 0 Å². The van der Waals surface area contributed by atoms with Crippen LogP contribution in [0, 0.1) is 13.8 Å². The second kappa shape index (κ2) is 18.4. The molecule has 0 heteroatoms. The minimum absolute atomic E-state index is 0.117. The van der Waals surface area contributed by atoms with Gasteiger partial charge in [0.15, 0.2) is 0 Å². The Labute approximate surface area is 337 Å². The van der Waals surface area contributed by atoms with E-state index in [0.29, 0.717) is 0 Å². The molecule has 0 aliphatic heterocycles. The summed E-state index contributed by atoms with van der Waals surface area (Å²) < 4.78 is 0. The van der Waals surface area contributed by atoms with Crippen LogP contribution in [-0.4, -0.2) is 0 Å². The van der Waals surface area contributed by atoms with Crippen LogP contribution in [0.3, 0.4) is 0 Å². The molecule has 0 N–H and O–H groups in total. The molecule has 0 spiro atoms. The summed E-state index contributed by atoms with van der Waals surface area (Å²) in [4.78, 5) is 0. The van der Waals surface area contributed by atoms with E-state index in [-0.39, 0.29) is 10.8 Å². The lowest BCUT2D eigenvalue weighted by Crippen LogP contribution is -2.30. The molecule has 0 amide bonds. The smallest absolute Gasteiger partial charge is 0.0218 e. The van der Waals surface area contributed by atoms with E-state index in [9.17, 15) is 0 Å². The predicted molar refractivity (Wildman–Crippen MR) is 241 cm³/mol. The molecule has 3 aliphatic rings. The lowest BCUT2D eigenvalue weighted by molar-refractivity contribution is 0.388. The second-order valence-electron chi connectivity index (χ2n) is 18.4. The van der Waals surface area contributed by atoms with Gasteiger partial charge in [-0.2, -0.15) is 0 Å². The van der Waals surface area contributed by atoms with Gasteiger partial charge in [0.2, 0.25) is 0 Å². The van der Waals surface area contributed by atoms with Gasteiger partial charge in [-0.1, -0.05) is 208 Å². The SMILES string of the molecule is CCCCCCCCC1(CCCCCCCC)c2cc(C)ccc2-c2ccc(-c3ccc4c5c3CCCC5(CCCCCCCC)c3cc(C)ccc3-4)cc21. The Morgan fingerprint density at radius 2 is 0.891 bits per heavy atom. The molecule has 7 rings (SSSR count). The van der Waals surface area contributed by atoms with Gasteiger partial charge in [-0.3, -0.25) is 0 Å². The molecule has 0 heterocycles. The third-order valence-corrected chi connectivity index (χ3v) is 14.5. The standard InChI is InChI=1S/C55H74/c1-6-9-12-15-18-21-34-54(35-22-19-16-13-10-7-2)50-38-41(4)26-29-45(50)46-31-28-43(40-52(46)54)44-32-33-49-47-30-27-42(5)39-51(47)55(36-23-20-17-14-11-8-3)37-24-25-48(44)53(49)55/h26-33,38-40H,6-25,34-37H2,1-5H3. The highest BCUT2D eigenvalue weighted by atomic mass is 14.5. The van der Waals surface area contributed by atoms with Gasteiger partial charge in [0.05, 0.1) is 0 Å². The Hall–Kier alpha value is -3.12. The molecule has 0 aromatic heterocycles. The van der Waals surface area contributed by atoms with Crippen molar-refractivity contribution in [2.45, 2.75) is 200 Å². The van der Waals surface area contributed by atoms with Gasteiger partial charge < -0.3 is 0 Å². The van der Waals surface area contributed by atoms with E-state index in [4.69, 9.17) is 0 Å². The van der Waals surface area contributed by atoms with Gasteiger partial charge in [0.1, 0.15) is 0 Å². The van der Waals surface area contributed by atoms with Crippen LogP contribution < -0.4 is 0 Å². The van der Waals surface area contributed by atoms with Crippen molar-refractivity contribution in [1.29, 1.82) is 0 Å². The summed E-state index contributed by atoms with van der Waals surface area (Å²) in [6.45, 7) is 11.6. The average Bonchev–Trinajstić information content (AvgIpc) is 3.62. The highest BCUT2D eigenvalue weighted by Crippen LogP contribution is 2.60. The molecule has 0 saturated heterocycles. The zero-order chi connectivity index (χ0) is 38.3. The van der Waals surface area contributed by atoms with Gasteiger partial charge in [0.25, 0.3) is 0 Å². The monoisotopic (exact) mass is 735 g/mol. The molecular weight excluding hydrogens is 661 g/mol. The first-order chi connectivity index (χ1) is 27.0. The Morgan fingerprint density at radius 1 is 0.436 bits per heavy atom. The summed E-state index contributed by atoms with van der Waals surface area (Å²) in [5, 5.41) is 0. The fraction of sp³-hybridized carbons (Fsp3) is 0.564. The second-order valence-corrected chi connectivity index (χ2v) is 18.4. The van der Waals surface area contributed by atoms with Gasteiger partial charge >= 0.3 is 0 Å². The molecule has 0 nitrogen and oxygen atoms in total.